The largest absolute Gasteiger partial charge is 0.465 e. The minimum Gasteiger partial charge on any atom is -0.465 e. The lowest BCUT2D eigenvalue weighted by Gasteiger charge is -2.07. The topological polar surface area (TPSA) is 90.4 Å². The summed E-state index contributed by atoms with van der Waals surface area (Å²) in [4.78, 5) is 11.2. The monoisotopic (exact) mass is 253 g/mol. The van der Waals surface area contributed by atoms with Crippen LogP contribution in [0.5, 0.6) is 0 Å². The van der Waals surface area contributed by atoms with E-state index in [4.69, 9.17) is 5.73 Å². The summed E-state index contributed by atoms with van der Waals surface area (Å²) in [6.07, 6.45) is -5.37. The van der Waals surface area contributed by atoms with Gasteiger partial charge in [-0.3, -0.25) is 0 Å². The van der Waals surface area contributed by atoms with Gasteiger partial charge in [0.1, 0.15) is 0 Å². The molecule has 1 aromatic heterocycles. The van der Waals surface area contributed by atoms with Crippen molar-refractivity contribution < 1.29 is 27.2 Å². The van der Waals surface area contributed by atoms with E-state index in [1.807, 2.05) is 0 Å². The van der Waals surface area contributed by atoms with Crippen molar-refractivity contribution in [2.75, 3.05) is 24.7 Å². The number of hydrogen-bond donors (Lipinski definition) is 2. The Labute approximate surface area is 93.9 Å². The molecule has 0 aromatic carbocycles. The van der Waals surface area contributed by atoms with Gasteiger partial charge in [0.15, 0.2) is 11.4 Å². The second kappa shape index (κ2) is 4.93. The third-order valence-corrected chi connectivity index (χ3v) is 1.81. The fourth-order valence-corrected chi connectivity index (χ4v) is 1.05. The highest BCUT2D eigenvalue weighted by molar-refractivity contribution is 5.98. The van der Waals surface area contributed by atoms with Crippen molar-refractivity contribution in [1.29, 1.82) is 0 Å². The van der Waals surface area contributed by atoms with Crippen LogP contribution in [0.3, 0.4) is 0 Å². The number of carbonyl (C=O) groups excluding carboxylic acids is 1. The summed E-state index contributed by atoms with van der Waals surface area (Å²) in [5, 5.41) is 5.63. The number of carbonyl (C=O) groups is 1. The lowest BCUT2D eigenvalue weighted by atomic mass is 10.3. The summed E-state index contributed by atoms with van der Waals surface area (Å²) in [6.45, 7) is -0.445. The molecule has 0 bridgehead atoms. The van der Waals surface area contributed by atoms with Gasteiger partial charge in [-0.1, -0.05) is 5.16 Å². The highest BCUT2D eigenvalue weighted by atomic mass is 19.4. The molecule has 17 heavy (non-hydrogen) atoms. The maximum atomic E-state index is 11.9. The first-order valence-electron chi connectivity index (χ1n) is 4.49. The predicted octanol–water partition coefficient (Wildman–Crippen LogP) is 1.41. The highest BCUT2D eigenvalue weighted by Gasteiger charge is 2.27. The van der Waals surface area contributed by atoms with Crippen molar-refractivity contribution in [2.45, 2.75) is 12.6 Å². The Bertz CT molecular complexity index is 402. The molecule has 0 aliphatic heterocycles. The number of rotatable bonds is 4. The SMILES string of the molecule is COC(=O)c1c(NCCC(F)(F)F)noc1N. The first-order chi connectivity index (χ1) is 7.85. The molecule has 9 heteroatoms. The molecule has 0 aliphatic rings. The summed E-state index contributed by atoms with van der Waals surface area (Å²) in [5.41, 5.74) is 5.07. The Morgan fingerprint density at radius 3 is 2.76 bits per heavy atom. The number of nitrogens with one attached hydrogen (secondary N) is 1. The molecule has 6 nitrogen and oxygen atoms in total. The van der Waals surface area contributed by atoms with Crippen molar-refractivity contribution in [3.63, 3.8) is 0 Å². The molecule has 0 amide bonds. The van der Waals surface area contributed by atoms with Crippen LogP contribution in [0.1, 0.15) is 16.8 Å². The van der Waals surface area contributed by atoms with E-state index in [-0.39, 0.29) is 17.3 Å². The van der Waals surface area contributed by atoms with Gasteiger partial charge in [-0.2, -0.15) is 13.2 Å². The maximum absolute atomic E-state index is 11.9. The number of esters is 1. The number of methoxy groups -OCH3 is 1. The Balaban J connectivity index is 2.69. The number of nitrogens with zero attached hydrogens (tertiary/aromatic N) is 1. The Kier molecular flexibility index (Phi) is 3.81. The lowest BCUT2D eigenvalue weighted by molar-refractivity contribution is -0.131. The van der Waals surface area contributed by atoms with Crippen LogP contribution in [0.4, 0.5) is 24.9 Å². The van der Waals surface area contributed by atoms with Crippen LogP contribution in [0.2, 0.25) is 0 Å². The van der Waals surface area contributed by atoms with Gasteiger partial charge in [0, 0.05) is 6.54 Å². The maximum Gasteiger partial charge on any atom is 0.390 e. The molecule has 1 heterocycles. The van der Waals surface area contributed by atoms with Crippen LogP contribution >= 0.6 is 0 Å². The fraction of sp³-hybridized carbons (Fsp3) is 0.500. The molecule has 0 spiro atoms. The molecule has 3 N–H and O–H groups in total. The summed E-state index contributed by atoms with van der Waals surface area (Å²) < 4.78 is 44.5. The third-order valence-electron chi connectivity index (χ3n) is 1.81. The molecule has 0 saturated carbocycles. The molecule has 0 unspecified atom stereocenters. The normalized spacial score (nSPS) is 11.3. The zero-order valence-electron chi connectivity index (χ0n) is 8.80. The zero-order valence-corrected chi connectivity index (χ0v) is 8.80. The zero-order chi connectivity index (χ0) is 13.1. The predicted molar refractivity (Wildman–Crippen MR) is 51.4 cm³/mol. The molecule has 0 fully saturated rings. The van der Waals surface area contributed by atoms with Crippen molar-refractivity contribution >= 4 is 17.7 Å². The second-order valence-electron chi connectivity index (χ2n) is 3.05. The number of aromatic nitrogens is 1. The first-order valence-corrected chi connectivity index (χ1v) is 4.49. The van der Waals surface area contributed by atoms with E-state index in [2.05, 4.69) is 19.7 Å². The quantitative estimate of drug-likeness (QED) is 0.788. The Morgan fingerprint density at radius 2 is 2.24 bits per heavy atom. The molecule has 96 valence electrons. The van der Waals surface area contributed by atoms with Crippen LogP contribution in [-0.4, -0.2) is 31.0 Å². The molecule has 0 saturated heterocycles. The summed E-state index contributed by atoms with van der Waals surface area (Å²) >= 11 is 0. The van der Waals surface area contributed by atoms with Crippen LogP contribution in [0, 0.1) is 0 Å². The van der Waals surface area contributed by atoms with E-state index >= 15 is 0 Å². The van der Waals surface area contributed by atoms with Crippen molar-refractivity contribution in [3.8, 4) is 0 Å². The molecule has 1 rings (SSSR count). The number of halogens is 3. The van der Waals surface area contributed by atoms with Crippen LogP contribution in [-0.2, 0) is 4.74 Å². The molecule has 0 radical (unpaired) electrons. The van der Waals surface area contributed by atoms with Gasteiger partial charge in [-0.05, 0) is 0 Å². The minimum absolute atomic E-state index is 0.168. The summed E-state index contributed by atoms with van der Waals surface area (Å²) in [6, 6.07) is 0. The van der Waals surface area contributed by atoms with E-state index in [1.54, 1.807) is 0 Å². The number of anilines is 2. The highest BCUT2D eigenvalue weighted by Crippen LogP contribution is 2.23. The second-order valence-corrected chi connectivity index (χ2v) is 3.05. The fourth-order valence-electron chi connectivity index (χ4n) is 1.05. The van der Waals surface area contributed by atoms with E-state index in [1.165, 1.54) is 0 Å². The average Bonchev–Trinajstić information content (AvgIpc) is 2.57. The van der Waals surface area contributed by atoms with Crippen molar-refractivity contribution in [1.82, 2.24) is 5.16 Å². The smallest absolute Gasteiger partial charge is 0.390 e. The number of nitrogens with two attached hydrogens (primary N) is 1. The Hall–Kier alpha value is -1.93. The van der Waals surface area contributed by atoms with E-state index in [0.717, 1.165) is 7.11 Å². The average molecular weight is 253 g/mol. The first kappa shape index (κ1) is 13.1. The van der Waals surface area contributed by atoms with Gasteiger partial charge < -0.3 is 20.3 Å². The lowest BCUT2D eigenvalue weighted by Crippen LogP contribution is -2.16. The third kappa shape index (κ3) is 3.54. The van der Waals surface area contributed by atoms with Gasteiger partial charge in [-0.25, -0.2) is 4.79 Å². The van der Waals surface area contributed by atoms with Gasteiger partial charge in [-0.15, -0.1) is 0 Å². The molecular formula is C8H10F3N3O3. The molecule has 0 aliphatic carbocycles. The standard InChI is InChI=1S/C8H10F3N3O3/c1-16-7(15)4-5(12)17-14-6(4)13-3-2-8(9,10)11/h2-3,12H2,1H3,(H,13,14). The Morgan fingerprint density at radius 1 is 1.59 bits per heavy atom. The van der Waals surface area contributed by atoms with E-state index < -0.39 is 25.1 Å². The number of ether oxygens (including phenoxy) is 1. The van der Waals surface area contributed by atoms with Gasteiger partial charge >= 0.3 is 12.1 Å². The number of alkyl halides is 3. The molecule has 0 atom stereocenters. The van der Waals surface area contributed by atoms with Crippen LogP contribution in [0.25, 0.3) is 0 Å². The number of nitrogen functional groups attached to an aromatic ring is 1. The van der Waals surface area contributed by atoms with Gasteiger partial charge in [0.05, 0.1) is 13.5 Å². The number of hydrogen-bond acceptors (Lipinski definition) is 6. The van der Waals surface area contributed by atoms with Crippen LogP contribution < -0.4 is 11.1 Å². The summed E-state index contributed by atoms with van der Waals surface area (Å²) in [7, 11) is 1.11. The molecular weight excluding hydrogens is 243 g/mol. The van der Waals surface area contributed by atoms with E-state index in [9.17, 15) is 18.0 Å². The molecule has 1 aromatic rings. The van der Waals surface area contributed by atoms with Gasteiger partial charge in [0.25, 0.3) is 0 Å². The summed E-state index contributed by atoms with van der Waals surface area (Å²) in [5.74, 6) is -1.32. The van der Waals surface area contributed by atoms with Crippen molar-refractivity contribution in [3.05, 3.63) is 5.56 Å². The van der Waals surface area contributed by atoms with Gasteiger partial charge in [0.2, 0.25) is 5.88 Å². The van der Waals surface area contributed by atoms with E-state index in [0.29, 0.717) is 0 Å². The minimum atomic E-state index is -4.30. The van der Waals surface area contributed by atoms with Crippen LogP contribution in [0.15, 0.2) is 4.52 Å². The van der Waals surface area contributed by atoms with Crippen molar-refractivity contribution in [2.24, 2.45) is 0 Å².